The minimum atomic E-state index is 0. The SMILES string of the molecule is Cl.NC1CCC(C(=O)NCCN2C(=O)Cc3ccccc32)C1. The zero-order valence-corrected chi connectivity index (χ0v) is 13.3. The number of para-hydroxylation sites is 1. The Morgan fingerprint density at radius 1 is 1.32 bits per heavy atom. The standard InChI is InChI=1S/C16H21N3O2.ClH/c17-13-6-5-12(9-13)16(21)18-7-8-19-14-4-2-1-3-11(14)10-15(19)20;/h1-4,12-13H,5-10,17H2,(H,18,21);1H. The Balaban J connectivity index is 0.00000176. The molecule has 2 unspecified atom stereocenters. The number of halogens is 1. The lowest BCUT2D eigenvalue weighted by Gasteiger charge is -2.18. The fourth-order valence-electron chi connectivity index (χ4n) is 3.25. The van der Waals surface area contributed by atoms with Crippen molar-refractivity contribution >= 4 is 29.9 Å². The molecule has 0 spiro atoms. The van der Waals surface area contributed by atoms with Gasteiger partial charge in [0.05, 0.1) is 6.42 Å². The largest absolute Gasteiger partial charge is 0.354 e. The molecule has 2 atom stereocenters. The third-order valence-electron chi connectivity index (χ3n) is 4.40. The smallest absolute Gasteiger partial charge is 0.231 e. The zero-order chi connectivity index (χ0) is 14.8. The van der Waals surface area contributed by atoms with E-state index in [1.54, 1.807) is 4.90 Å². The highest BCUT2D eigenvalue weighted by Crippen LogP contribution is 2.28. The number of nitrogens with one attached hydrogen (secondary N) is 1. The van der Waals surface area contributed by atoms with Crippen molar-refractivity contribution in [2.45, 2.75) is 31.7 Å². The predicted octanol–water partition coefficient (Wildman–Crippen LogP) is 1.24. The van der Waals surface area contributed by atoms with Gasteiger partial charge in [0, 0.05) is 30.7 Å². The summed E-state index contributed by atoms with van der Waals surface area (Å²) in [5.74, 6) is 0.220. The molecule has 1 saturated carbocycles. The number of hydrogen-bond acceptors (Lipinski definition) is 3. The number of carbonyl (C=O) groups excluding carboxylic acids is 2. The van der Waals surface area contributed by atoms with E-state index in [0.717, 1.165) is 30.5 Å². The van der Waals surface area contributed by atoms with Crippen LogP contribution >= 0.6 is 12.4 Å². The van der Waals surface area contributed by atoms with E-state index in [9.17, 15) is 9.59 Å². The lowest BCUT2D eigenvalue weighted by atomic mass is 10.1. The van der Waals surface area contributed by atoms with Crippen LogP contribution in [0.25, 0.3) is 0 Å². The van der Waals surface area contributed by atoms with Crippen LogP contribution < -0.4 is 16.0 Å². The molecule has 1 aliphatic heterocycles. The van der Waals surface area contributed by atoms with Crippen molar-refractivity contribution in [3.63, 3.8) is 0 Å². The molecule has 2 aliphatic rings. The number of hydrogen-bond donors (Lipinski definition) is 2. The van der Waals surface area contributed by atoms with Gasteiger partial charge < -0.3 is 16.0 Å². The lowest BCUT2D eigenvalue weighted by Crippen LogP contribution is -2.38. The Kier molecular flexibility index (Phi) is 5.42. The maximum Gasteiger partial charge on any atom is 0.231 e. The van der Waals surface area contributed by atoms with Gasteiger partial charge in [-0.3, -0.25) is 9.59 Å². The van der Waals surface area contributed by atoms with Crippen molar-refractivity contribution in [2.24, 2.45) is 11.7 Å². The summed E-state index contributed by atoms with van der Waals surface area (Å²) in [5, 5.41) is 2.94. The van der Waals surface area contributed by atoms with Crippen LogP contribution in [0.4, 0.5) is 5.69 Å². The molecule has 0 bridgehead atoms. The second-order valence-corrected chi connectivity index (χ2v) is 5.91. The number of benzene rings is 1. The maximum atomic E-state index is 12.0. The van der Waals surface area contributed by atoms with E-state index >= 15 is 0 Å². The molecule has 3 rings (SSSR count). The van der Waals surface area contributed by atoms with Crippen molar-refractivity contribution in [3.8, 4) is 0 Å². The molecule has 1 fully saturated rings. The number of carbonyl (C=O) groups is 2. The van der Waals surface area contributed by atoms with E-state index in [1.165, 1.54) is 0 Å². The molecule has 6 heteroatoms. The summed E-state index contributed by atoms with van der Waals surface area (Å²) in [4.78, 5) is 25.8. The minimum Gasteiger partial charge on any atom is -0.354 e. The normalized spacial score (nSPS) is 23.1. The molecule has 0 saturated heterocycles. The van der Waals surface area contributed by atoms with Gasteiger partial charge in [-0.2, -0.15) is 0 Å². The number of anilines is 1. The summed E-state index contributed by atoms with van der Waals surface area (Å²) in [6.45, 7) is 1.02. The molecule has 1 aromatic carbocycles. The van der Waals surface area contributed by atoms with Crippen LogP contribution in [0.3, 0.4) is 0 Å². The van der Waals surface area contributed by atoms with Crippen LogP contribution in [0.15, 0.2) is 24.3 Å². The van der Waals surface area contributed by atoms with Crippen molar-refractivity contribution in [3.05, 3.63) is 29.8 Å². The van der Waals surface area contributed by atoms with Crippen LogP contribution in [0, 0.1) is 5.92 Å². The fraction of sp³-hybridized carbons (Fsp3) is 0.500. The quantitative estimate of drug-likeness (QED) is 0.875. The van der Waals surface area contributed by atoms with E-state index in [-0.39, 0.29) is 36.2 Å². The van der Waals surface area contributed by atoms with E-state index in [2.05, 4.69) is 5.32 Å². The average molecular weight is 324 g/mol. The summed E-state index contributed by atoms with van der Waals surface area (Å²) in [7, 11) is 0. The Bertz CT molecular complexity index is 564. The Morgan fingerprint density at radius 3 is 2.82 bits per heavy atom. The zero-order valence-electron chi connectivity index (χ0n) is 12.5. The van der Waals surface area contributed by atoms with E-state index in [0.29, 0.717) is 19.5 Å². The van der Waals surface area contributed by atoms with Crippen LogP contribution in [0.5, 0.6) is 0 Å². The van der Waals surface area contributed by atoms with Gasteiger partial charge in [0.2, 0.25) is 11.8 Å². The highest BCUT2D eigenvalue weighted by atomic mass is 35.5. The summed E-state index contributed by atoms with van der Waals surface area (Å²) in [5.41, 5.74) is 7.87. The third kappa shape index (κ3) is 3.42. The number of nitrogens with two attached hydrogens (primary N) is 1. The van der Waals surface area contributed by atoms with Gasteiger partial charge in [-0.1, -0.05) is 18.2 Å². The van der Waals surface area contributed by atoms with Crippen LogP contribution in [-0.2, 0) is 16.0 Å². The van der Waals surface area contributed by atoms with Gasteiger partial charge in [-0.05, 0) is 30.9 Å². The van der Waals surface area contributed by atoms with Crippen molar-refractivity contribution in [1.29, 1.82) is 0 Å². The first-order valence-electron chi connectivity index (χ1n) is 7.56. The molecule has 3 N–H and O–H groups in total. The molecule has 1 aliphatic carbocycles. The van der Waals surface area contributed by atoms with Gasteiger partial charge in [0.15, 0.2) is 0 Å². The highest BCUT2D eigenvalue weighted by Gasteiger charge is 2.29. The van der Waals surface area contributed by atoms with Crippen LogP contribution in [-0.4, -0.2) is 30.9 Å². The molecular weight excluding hydrogens is 302 g/mol. The minimum absolute atomic E-state index is 0. The van der Waals surface area contributed by atoms with Crippen molar-refractivity contribution in [2.75, 3.05) is 18.0 Å². The summed E-state index contributed by atoms with van der Waals surface area (Å²) < 4.78 is 0. The Hall–Kier alpha value is -1.59. The molecule has 120 valence electrons. The van der Waals surface area contributed by atoms with Gasteiger partial charge in [-0.25, -0.2) is 0 Å². The highest BCUT2D eigenvalue weighted by molar-refractivity contribution is 6.01. The second kappa shape index (κ2) is 7.11. The molecule has 1 aromatic rings. The van der Waals surface area contributed by atoms with Crippen molar-refractivity contribution in [1.82, 2.24) is 5.32 Å². The monoisotopic (exact) mass is 323 g/mol. The number of amides is 2. The number of nitrogens with zero attached hydrogens (tertiary/aromatic N) is 1. The third-order valence-corrected chi connectivity index (χ3v) is 4.40. The summed E-state index contributed by atoms with van der Waals surface area (Å²) >= 11 is 0. The maximum absolute atomic E-state index is 12.0. The Morgan fingerprint density at radius 2 is 2.09 bits per heavy atom. The van der Waals surface area contributed by atoms with Gasteiger partial charge in [-0.15, -0.1) is 12.4 Å². The Labute approximate surface area is 136 Å². The summed E-state index contributed by atoms with van der Waals surface area (Å²) in [6.07, 6.45) is 3.04. The molecule has 0 radical (unpaired) electrons. The fourth-order valence-corrected chi connectivity index (χ4v) is 3.25. The topological polar surface area (TPSA) is 75.4 Å². The molecular formula is C16H22ClN3O2. The molecule has 1 heterocycles. The van der Waals surface area contributed by atoms with Crippen LogP contribution in [0.1, 0.15) is 24.8 Å². The molecule has 22 heavy (non-hydrogen) atoms. The summed E-state index contributed by atoms with van der Waals surface area (Å²) in [6, 6.07) is 7.97. The van der Waals surface area contributed by atoms with Crippen LogP contribution in [0.2, 0.25) is 0 Å². The average Bonchev–Trinajstić information content (AvgIpc) is 3.03. The molecule has 2 amide bonds. The lowest BCUT2D eigenvalue weighted by molar-refractivity contribution is -0.125. The number of fused-ring (bicyclic) bond motifs is 1. The first-order chi connectivity index (χ1) is 10.1. The molecule has 0 aromatic heterocycles. The van der Waals surface area contributed by atoms with Gasteiger partial charge in [0.1, 0.15) is 0 Å². The van der Waals surface area contributed by atoms with E-state index in [4.69, 9.17) is 5.73 Å². The molecule has 5 nitrogen and oxygen atoms in total. The van der Waals surface area contributed by atoms with Gasteiger partial charge >= 0.3 is 0 Å². The first-order valence-corrected chi connectivity index (χ1v) is 7.56. The van der Waals surface area contributed by atoms with E-state index in [1.807, 2.05) is 24.3 Å². The predicted molar refractivity (Wildman–Crippen MR) is 88.1 cm³/mol. The van der Waals surface area contributed by atoms with Crippen molar-refractivity contribution < 1.29 is 9.59 Å². The second-order valence-electron chi connectivity index (χ2n) is 5.91. The first kappa shape index (κ1) is 16.8. The van der Waals surface area contributed by atoms with Gasteiger partial charge in [0.25, 0.3) is 0 Å². The number of rotatable bonds is 4. The van der Waals surface area contributed by atoms with E-state index < -0.39 is 0 Å².